The molecule has 36 heavy (non-hydrogen) atoms. The van der Waals surface area contributed by atoms with Gasteiger partial charge < -0.3 is 19.6 Å². The van der Waals surface area contributed by atoms with Gasteiger partial charge >= 0.3 is 0 Å². The van der Waals surface area contributed by atoms with E-state index in [2.05, 4.69) is 32.0 Å². The Kier molecular flexibility index (Phi) is 5.87. The van der Waals surface area contributed by atoms with Gasteiger partial charge in [-0.15, -0.1) is 11.3 Å². The molecule has 0 aliphatic heterocycles. The molecule has 0 radical (unpaired) electrons. The smallest absolute Gasteiger partial charge is 0.257 e. The first-order chi connectivity index (χ1) is 17.6. The van der Waals surface area contributed by atoms with Crippen molar-refractivity contribution in [1.82, 2.24) is 19.5 Å². The van der Waals surface area contributed by atoms with Crippen LogP contribution >= 0.6 is 11.3 Å². The van der Waals surface area contributed by atoms with E-state index in [1.165, 1.54) is 10.4 Å². The number of amides is 1. The van der Waals surface area contributed by atoms with Crippen molar-refractivity contribution in [2.45, 2.75) is 32.9 Å². The van der Waals surface area contributed by atoms with Crippen molar-refractivity contribution in [3.63, 3.8) is 0 Å². The van der Waals surface area contributed by atoms with Gasteiger partial charge in [0.2, 0.25) is 0 Å². The molecule has 3 aromatic heterocycles. The number of imidazole rings is 1. The van der Waals surface area contributed by atoms with Crippen LogP contribution in [0.1, 0.15) is 37.3 Å². The fourth-order valence-electron chi connectivity index (χ4n) is 4.57. The number of thiazole rings is 1. The third-order valence-corrected chi connectivity index (χ3v) is 7.36. The van der Waals surface area contributed by atoms with Crippen molar-refractivity contribution < 1.29 is 9.53 Å². The van der Waals surface area contributed by atoms with E-state index in [1.807, 2.05) is 55.6 Å². The second-order valence-electron chi connectivity index (χ2n) is 8.78. The van der Waals surface area contributed by atoms with Crippen molar-refractivity contribution in [1.29, 1.82) is 0 Å². The minimum Gasteiger partial charge on any atom is -0.486 e. The predicted molar refractivity (Wildman–Crippen MR) is 141 cm³/mol. The van der Waals surface area contributed by atoms with Crippen molar-refractivity contribution >= 4 is 22.9 Å². The molecule has 0 fully saturated rings. The Balaban J connectivity index is 1.11. The number of rotatable bonds is 7. The van der Waals surface area contributed by atoms with E-state index >= 15 is 0 Å². The molecule has 0 bridgehead atoms. The van der Waals surface area contributed by atoms with E-state index in [9.17, 15) is 4.79 Å². The summed E-state index contributed by atoms with van der Waals surface area (Å²) in [6.07, 6.45) is 7.39. The quantitative estimate of drug-likeness (QED) is 0.307. The highest BCUT2D eigenvalue weighted by molar-refractivity contribution is 7.12. The van der Waals surface area contributed by atoms with Gasteiger partial charge in [0.1, 0.15) is 18.2 Å². The molecular weight excluding hydrogens is 470 g/mol. The minimum absolute atomic E-state index is 0.150. The van der Waals surface area contributed by atoms with Gasteiger partial charge in [-0.05, 0) is 49.6 Å². The molecule has 1 aliphatic carbocycles. The Bertz CT molecular complexity index is 1520. The maximum absolute atomic E-state index is 13.1. The minimum atomic E-state index is -0.150. The van der Waals surface area contributed by atoms with E-state index in [0.717, 1.165) is 47.2 Å². The zero-order valence-electron chi connectivity index (χ0n) is 19.8. The van der Waals surface area contributed by atoms with Crippen LogP contribution in [-0.2, 0) is 26.0 Å². The van der Waals surface area contributed by atoms with Crippen LogP contribution in [0.15, 0.2) is 73.2 Å². The summed E-state index contributed by atoms with van der Waals surface area (Å²) in [7, 11) is 0. The topological polar surface area (TPSA) is 84.8 Å². The number of benzene rings is 2. The van der Waals surface area contributed by atoms with Gasteiger partial charge in [-0.3, -0.25) is 4.79 Å². The van der Waals surface area contributed by atoms with Crippen LogP contribution in [0.25, 0.3) is 11.3 Å². The van der Waals surface area contributed by atoms with Gasteiger partial charge in [-0.25, -0.2) is 9.97 Å². The molecule has 2 N–H and O–H groups in total. The number of fused-ring (bicyclic) bond motifs is 3. The first-order valence-electron chi connectivity index (χ1n) is 11.9. The van der Waals surface area contributed by atoms with E-state index in [0.29, 0.717) is 23.6 Å². The highest BCUT2D eigenvalue weighted by Gasteiger charge is 2.27. The molecule has 3 heterocycles. The number of ether oxygens (including phenoxy) is 1. The lowest BCUT2D eigenvalue weighted by Gasteiger charge is -2.13. The van der Waals surface area contributed by atoms with Crippen LogP contribution in [0.5, 0.6) is 5.75 Å². The van der Waals surface area contributed by atoms with Crippen molar-refractivity contribution in [3.8, 4) is 17.0 Å². The number of carbonyl (C=O) groups is 1. The molecule has 180 valence electrons. The first-order valence-corrected chi connectivity index (χ1v) is 12.7. The maximum atomic E-state index is 13.1. The number of H-pyrrole nitrogens is 1. The number of aromatic amines is 1. The molecule has 0 spiro atoms. The second kappa shape index (κ2) is 9.47. The predicted octanol–water partition coefficient (Wildman–Crippen LogP) is 5.62. The molecule has 0 atom stereocenters. The third-order valence-electron chi connectivity index (χ3n) is 6.33. The summed E-state index contributed by atoms with van der Waals surface area (Å²) >= 11 is 1.71. The number of hydrogen-bond acceptors (Lipinski definition) is 5. The zero-order chi connectivity index (χ0) is 24.5. The Morgan fingerprint density at radius 1 is 1.14 bits per heavy atom. The number of nitrogens with zero attached hydrogens (tertiary/aromatic N) is 3. The molecule has 7 nitrogen and oxygen atoms in total. The van der Waals surface area contributed by atoms with Crippen molar-refractivity contribution in [3.05, 3.63) is 106 Å². The first kappa shape index (κ1) is 22.3. The van der Waals surface area contributed by atoms with E-state index in [1.54, 1.807) is 23.7 Å². The third kappa shape index (κ3) is 4.43. The Labute approximate surface area is 212 Å². The second-order valence-corrected chi connectivity index (χ2v) is 10.1. The standard InChI is InChI=1S/C28H25N5O2S/c1-18-31-27-24(36-18)12-11-23-26(27)22(15-30-23)28(34)32-20-7-9-21(10-8-20)35-17-25-29-13-14-33(25)16-19-5-3-2-4-6-19/h2-10,13-15,30H,11-12,16-17H2,1H3,(H,32,34). The Morgan fingerprint density at radius 2 is 1.97 bits per heavy atom. The molecule has 0 unspecified atom stereocenters. The largest absolute Gasteiger partial charge is 0.486 e. The summed E-state index contributed by atoms with van der Waals surface area (Å²) in [5, 5.41) is 4.04. The van der Waals surface area contributed by atoms with E-state index in [4.69, 9.17) is 9.72 Å². The van der Waals surface area contributed by atoms with Crippen molar-refractivity contribution in [2.24, 2.45) is 0 Å². The van der Waals surface area contributed by atoms with E-state index < -0.39 is 0 Å². The van der Waals surface area contributed by atoms with E-state index in [-0.39, 0.29) is 5.91 Å². The number of aromatic nitrogens is 4. The summed E-state index contributed by atoms with van der Waals surface area (Å²) in [4.78, 5) is 26.8. The van der Waals surface area contributed by atoms with Crippen LogP contribution in [0, 0.1) is 6.92 Å². The van der Waals surface area contributed by atoms with Gasteiger partial charge in [0.25, 0.3) is 5.91 Å². The van der Waals surface area contributed by atoms with Crippen LogP contribution in [-0.4, -0.2) is 25.4 Å². The Hall–Kier alpha value is -4.17. The summed E-state index contributed by atoms with van der Waals surface area (Å²) in [5.41, 5.74) is 5.50. The molecule has 8 heteroatoms. The normalized spacial score (nSPS) is 12.1. The molecule has 5 aromatic rings. The highest BCUT2D eigenvalue weighted by atomic mass is 32.1. The van der Waals surface area contributed by atoms with Crippen LogP contribution < -0.4 is 10.1 Å². The molecule has 6 rings (SSSR count). The van der Waals surface area contributed by atoms with Gasteiger partial charge in [0.15, 0.2) is 0 Å². The Morgan fingerprint density at radius 3 is 2.81 bits per heavy atom. The fourth-order valence-corrected chi connectivity index (χ4v) is 5.51. The lowest BCUT2D eigenvalue weighted by Crippen LogP contribution is -2.13. The molecule has 1 aliphatic rings. The number of aryl methyl sites for hydroxylation is 3. The lowest BCUT2D eigenvalue weighted by molar-refractivity contribution is 0.102. The number of anilines is 1. The van der Waals surface area contributed by atoms with Gasteiger partial charge in [0.05, 0.1) is 16.3 Å². The van der Waals surface area contributed by atoms with Gasteiger partial charge in [0, 0.05) is 47.0 Å². The molecule has 1 amide bonds. The summed E-state index contributed by atoms with van der Waals surface area (Å²) in [6.45, 7) is 3.11. The summed E-state index contributed by atoms with van der Waals surface area (Å²) in [6, 6.07) is 17.7. The average Bonchev–Trinajstić information content (AvgIpc) is 3.61. The van der Waals surface area contributed by atoms with Crippen LogP contribution in [0.4, 0.5) is 5.69 Å². The average molecular weight is 496 g/mol. The fraction of sp³-hybridized carbons (Fsp3) is 0.179. The highest BCUT2D eigenvalue weighted by Crippen LogP contribution is 2.38. The molecule has 0 saturated carbocycles. The molecule has 0 saturated heterocycles. The number of nitrogens with one attached hydrogen (secondary N) is 2. The number of hydrogen-bond donors (Lipinski definition) is 2. The monoisotopic (exact) mass is 495 g/mol. The SMILES string of the molecule is Cc1nc2c(s1)CCc1[nH]cc(C(=O)Nc3ccc(OCc4nccn4Cc4ccccc4)cc3)c1-2. The summed E-state index contributed by atoms with van der Waals surface area (Å²) < 4.78 is 8.05. The van der Waals surface area contributed by atoms with Gasteiger partial charge in [-0.2, -0.15) is 0 Å². The molecule has 2 aromatic carbocycles. The lowest BCUT2D eigenvalue weighted by atomic mass is 9.96. The maximum Gasteiger partial charge on any atom is 0.257 e. The zero-order valence-corrected chi connectivity index (χ0v) is 20.6. The van der Waals surface area contributed by atoms with Crippen molar-refractivity contribution in [2.75, 3.05) is 5.32 Å². The van der Waals surface area contributed by atoms with Gasteiger partial charge in [-0.1, -0.05) is 30.3 Å². The number of carbonyl (C=O) groups excluding carboxylic acids is 1. The van der Waals surface area contributed by atoms with Crippen LogP contribution in [0.2, 0.25) is 0 Å². The summed E-state index contributed by atoms with van der Waals surface area (Å²) in [5.74, 6) is 1.41. The van der Waals surface area contributed by atoms with Crippen LogP contribution in [0.3, 0.4) is 0 Å². The molecular formula is C28H25N5O2S.